The van der Waals surface area contributed by atoms with Crippen molar-refractivity contribution < 1.29 is 34.8 Å². The van der Waals surface area contributed by atoms with Crippen LogP contribution in [0.4, 0.5) is 5.69 Å². The van der Waals surface area contributed by atoms with Gasteiger partial charge < -0.3 is 36.0 Å². The van der Waals surface area contributed by atoms with Gasteiger partial charge in [0.05, 0.1) is 11.7 Å². The second-order valence-corrected chi connectivity index (χ2v) is 10.1. The summed E-state index contributed by atoms with van der Waals surface area (Å²) in [5.74, 6) is -7.35. The number of aryl methyl sites for hydroxylation is 1. The summed E-state index contributed by atoms with van der Waals surface area (Å²) in [6.07, 6.45) is -1.13. The molecule has 0 radical (unpaired) electrons. The lowest BCUT2D eigenvalue weighted by molar-refractivity contribution is -0.184. The maximum Gasteiger partial charge on any atom is 0.230 e. The molecule has 6 atom stereocenters. The molecule has 0 spiro atoms. The minimum absolute atomic E-state index is 0.0969. The van der Waals surface area contributed by atoms with E-state index >= 15 is 0 Å². The molecule has 4 rings (SSSR count). The van der Waals surface area contributed by atoms with Crippen molar-refractivity contribution in [1.82, 2.24) is 4.90 Å². The number of hydrogen-bond acceptors (Lipinski definition) is 9. The van der Waals surface area contributed by atoms with Gasteiger partial charge in [-0.2, -0.15) is 0 Å². The molecule has 10 nitrogen and oxygen atoms in total. The lowest BCUT2D eigenvalue weighted by Crippen LogP contribution is -2.73. The predicted molar refractivity (Wildman–Crippen MR) is 123 cm³/mol. The first-order chi connectivity index (χ1) is 15.7. The van der Waals surface area contributed by atoms with Crippen LogP contribution in [0.15, 0.2) is 11.6 Å². The highest BCUT2D eigenvalue weighted by molar-refractivity contribution is 6.25. The second kappa shape index (κ2) is 7.79. The number of carbonyl (C=O) groups excluding carboxylic acids is 3. The number of Topliss-reactive ketones (excluding diaryl/α,β-unsaturated/α-hetero) is 2. The van der Waals surface area contributed by atoms with E-state index in [0.29, 0.717) is 11.1 Å². The molecule has 1 aromatic carbocycles. The van der Waals surface area contributed by atoms with Gasteiger partial charge in [0.2, 0.25) is 11.7 Å². The van der Waals surface area contributed by atoms with Crippen LogP contribution in [0.3, 0.4) is 0 Å². The van der Waals surface area contributed by atoms with Crippen molar-refractivity contribution in [3.63, 3.8) is 0 Å². The van der Waals surface area contributed by atoms with Crippen molar-refractivity contribution in [1.29, 1.82) is 0 Å². The fourth-order valence-corrected chi connectivity index (χ4v) is 6.18. The number of phenolic OH excluding ortho intramolecular Hbond substituents is 1. The smallest absolute Gasteiger partial charge is 0.230 e. The minimum Gasteiger partial charge on any atom is -0.507 e. The number of fused-ring (bicyclic) bond motifs is 3. The summed E-state index contributed by atoms with van der Waals surface area (Å²) in [6.45, 7) is 1.67. The zero-order valence-corrected chi connectivity index (χ0v) is 19.9. The molecule has 184 valence electrons. The standard InChI is InChI=1S/C24H31N3O7/c1-9-6-13(26(2)3)11-7-10-8-12-17(27(4)5)20(30)16(23(25)33)22(32)24(12,34)21(31)14(10)19(29)15(11)18(9)28/h6,10,12,16-17,20,28-30,34H,7-8H2,1-5H3,(H2,25,33)/t10-,12-,16?,17-,20?,24-/m1/s1. The maximum absolute atomic E-state index is 13.8. The molecular weight excluding hydrogens is 442 g/mol. The molecular formula is C24H31N3O7. The highest BCUT2D eigenvalue weighted by atomic mass is 16.3. The van der Waals surface area contributed by atoms with Crippen LogP contribution >= 0.6 is 0 Å². The number of benzene rings is 1. The molecule has 0 heterocycles. The third kappa shape index (κ3) is 3.02. The van der Waals surface area contributed by atoms with Gasteiger partial charge in [-0.1, -0.05) is 0 Å². The van der Waals surface area contributed by atoms with Crippen molar-refractivity contribution in [3.8, 4) is 5.75 Å². The average Bonchev–Trinajstić information content (AvgIpc) is 2.72. The van der Waals surface area contributed by atoms with Crippen LogP contribution in [0.5, 0.6) is 5.75 Å². The summed E-state index contributed by atoms with van der Waals surface area (Å²) < 4.78 is 0. The maximum atomic E-state index is 13.8. The Bertz CT molecular complexity index is 1140. The van der Waals surface area contributed by atoms with E-state index in [0.717, 1.165) is 5.69 Å². The molecule has 6 N–H and O–H groups in total. The summed E-state index contributed by atoms with van der Waals surface area (Å²) in [5, 5.41) is 44.5. The number of primary amides is 1. The first-order valence-electron chi connectivity index (χ1n) is 11.2. The lowest BCUT2D eigenvalue weighted by atomic mass is 9.54. The Labute approximate surface area is 197 Å². The molecule has 0 bridgehead atoms. The third-order valence-electron chi connectivity index (χ3n) is 7.74. The third-order valence-corrected chi connectivity index (χ3v) is 7.74. The van der Waals surface area contributed by atoms with Crippen LogP contribution in [0, 0.1) is 24.7 Å². The SMILES string of the molecule is Cc1cc(N(C)C)c2c(c1O)C(O)=C1C(=O)[C@@]3(O)C(=O)C(C(N)=O)C(O)[C@H](N(C)C)[C@H]3C[C@H]1C2. The molecule has 10 heteroatoms. The van der Waals surface area contributed by atoms with E-state index < -0.39 is 58.7 Å². The van der Waals surface area contributed by atoms with Crippen LogP contribution in [-0.4, -0.2) is 88.7 Å². The van der Waals surface area contributed by atoms with Gasteiger partial charge in [-0.3, -0.25) is 14.4 Å². The van der Waals surface area contributed by atoms with Gasteiger partial charge in [0.25, 0.3) is 0 Å². The Kier molecular flexibility index (Phi) is 5.54. The van der Waals surface area contributed by atoms with Gasteiger partial charge in [-0.25, -0.2) is 0 Å². The molecule has 1 aromatic rings. The number of ketones is 2. The monoisotopic (exact) mass is 473 g/mol. The zero-order chi connectivity index (χ0) is 25.4. The van der Waals surface area contributed by atoms with Crippen LogP contribution in [-0.2, 0) is 20.8 Å². The summed E-state index contributed by atoms with van der Waals surface area (Å²) in [5.41, 5.74) is 4.59. The predicted octanol–water partition coefficient (Wildman–Crippen LogP) is -0.497. The van der Waals surface area contributed by atoms with E-state index in [1.807, 2.05) is 19.0 Å². The van der Waals surface area contributed by atoms with E-state index in [1.54, 1.807) is 32.0 Å². The first-order valence-corrected chi connectivity index (χ1v) is 11.2. The topological polar surface area (TPSA) is 165 Å². The Morgan fingerprint density at radius 3 is 2.32 bits per heavy atom. The number of nitrogens with two attached hydrogens (primary N) is 1. The molecule has 2 fully saturated rings. The molecule has 34 heavy (non-hydrogen) atoms. The number of likely N-dealkylation sites (N-methyl/N-ethyl adjacent to an activating group) is 1. The summed E-state index contributed by atoms with van der Waals surface area (Å²) in [7, 11) is 6.90. The van der Waals surface area contributed by atoms with E-state index in [1.165, 1.54) is 0 Å². The molecule has 1 amide bonds. The highest BCUT2D eigenvalue weighted by Crippen LogP contribution is 2.53. The molecule has 2 saturated carbocycles. The number of aliphatic hydroxyl groups is 3. The number of carbonyl (C=O) groups is 3. The van der Waals surface area contributed by atoms with Gasteiger partial charge >= 0.3 is 0 Å². The zero-order valence-electron chi connectivity index (χ0n) is 19.9. The van der Waals surface area contributed by atoms with E-state index in [2.05, 4.69) is 0 Å². The normalized spacial score (nSPS) is 32.9. The molecule has 3 aliphatic carbocycles. The van der Waals surface area contributed by atoms with Crippen LogP contribution < -0.4 is 10.6 Å². The fourth-order valence-electron chi connectivity index (χ4n) is 6.18. The lowest BCUT2D eigenvalue weighted by Gasteiger charge is -2.53. The van der Waals surface area contributed by atoms with E-state index in [-0.39, 0.29) is 29.7 Å². The van der Waals surface area contributed by atoms with Crippen LogP contribution in [0.2, 0.25) is 0 Å². The molecule has 0 aliphatic heterocycles. The fraction of sp³-hybridized carbons (Fsp3) is 0.542. The Morgan fingerprint density at radius 2 is 1.79 bits per heavy atom. The molecule has 0 saturated heterocycles. The van der Waals surface area contributed by atoms with Gasteiger partial charge in [0.1, 0.15) is 17.4 Å². The van der Waals surface area contributed by atoms with Crippen molar-refractivity contribution in [3.05, 3.63) is 28.3 Å². The number of anilines is 1. The largest absolute Gasteiger partial charge is 0.507 e. The van der Waals surface area contributed by atoms with E-state index in [4.69, 9.17) is 5.73 Å². The number of amides is 1. The van der Waals surface area contributed by atoms with Gasteiger partial charge in [0.15, 0.2) is 11.4 Å². The minimum atomic E-state index is -2.64. The van der Waals surface area contributed by atoms with Gasteiger partial charge in [-0.05, 0) is 57.0 Å². The second-order valence-electron chi connectivity index (χ2n) is 10.1. The van der Waals surface area contributed by atoms with Crippen molar-refractivity contribution >= 4 is 28.9 Å². The average molecular weight is 474 g/mol. The number of rotatable bonds is 3. The Hall–Kier alpha value is -2.95. The Morgan fingerprint density at radius 1 is 1.18 bits per heavy atom. The van der Waals surface area contributed by atoms with Gasteiger partial charge in [0, 0.05) is 37.3 Å². The summed E-state index contributed by atoms with van der Waals surface area (Å²) in [6, 6.07) is 0.885. The highest BCUT2D eigenvalue weighted by Gasteiger charge is 2.67. The van der Waals surface area contributed by atoms with Crippen LogP contribution in [0.1, 0.15) is 23.1 Å². The first kappa shape index (κ1) is 24.2. The number of hydrogen-bond donors (Lipinski definition) is 5. The number of aliphatic hydroxyl groups excluding tert-OH is 2. The Balaban J connectivity index is 1.96. The number of nitrogens with zero attached hydrogens (tertiary/aromatic N) is 2. The van der Waals surface area contributed by atoms with Crippen molar-refractivity contribution in [2.75, 3.05) is 33.1 Å². The summed E-state index contributed by atoms with van der Waals surface area (Å²) in [4.78, 5) is 42.5. The molecule has 3 aliphatic rings. The quantitative estimate of drug-likeness (QED) is 0.364. The molecule has 0 aromatic heterocycles. The van der Waals surface area contributed by atoms with Crippen LogP contribution in [0.25, 0.3) is 5.76 Å². The van der Waals surface area contributed by atoms with Crippen molar-refractivity contribution in [2.24, 2.45) is 23.5 Å². The van der Waals surface area contributed by atoms with Crippen molar-refractivity contribution in [2.45, 2.75) is 37.5 Å². The molecule has 2 unspecified atom stereocenters. The van der Waals surface area contributed by atoms with Gasteiger partial charge in [-0.15, -0.1) is 0 Å². The van der Waals surface area contributed by atoms with E-state index in [9.17, 15) is 34.8 Å². The summed E-state index contributed by atoms with van der Waals surface area (Å²) >= 11 is 0. The number of phenols is 1. The number of aromatic hydroxyl groups is 1.